The number of rotatable bonds is 4. The molecule has 0 saturated carbocycles. The molecule has 0 aromatic heterocycles. The lowest BCUT2D eigenvalue weighted by Gasteiger charge is -1.77. The second kappa shape index (κ2) is 4.97. The van der Waals surface area contributed by atoms with Gasteiger partial charge in [0.1, 0.15) is 0 Å². The average Bonchev–Trinajstić information content (AvgIpc) is 1.58. The van der Waals surface area contributed by atoms with E-state index in [1.807, 2.05) is 0 Å². The predicted molar refractivity (Wildman–Crippen MR) is 31.3 cm³/mol. The van der Waals surface area contributed by atoms with Crippen LogP contribution < -0.4 is 0 Å². The Hall–Kier alpha value is 0.240. The van der Waals surface area contributed by atoms with Crippen LogP contribution in [0.3, 0.4) is 0 Å². The molecule has 0 fully saturated rings. The highest BCUT2D eigenvalue weighted by Gasteiger charge is 2.28. The van der Waals surface area contributed by atoms with Gasteiger partial charge in [-0.15, -0.1) is 0 Å². The highest BCUT2D eigenvalue weighted by Crippen LogP contribution is 2.25. The first-order valence-electron chi connectivity index (χ1n) is 1.58. The zero-order valence-electron chi connectivity index (χ0n) is 4.20. The first kappa shape index (κ1) is 10.2. The SMILES string of the molecule is O=[P+](OS(=O)O)OS(=O)O. The van der Waals surface area contributed by atoms with Gasteiger partial charge in [0.25, 0.3) is 0 Å². The highest BCUT2D eigenvalue weighted by molar-refractivity contribution is 7.82. The quantitative estimate of drug-likeness (QED) is 0.493. The monoisotopic (exact) mass is 209 g/mol. The van der Waals surface area contributed by atoms with E-state index in [0.29, 0.717) is 0 Å². The maximum atomic E-state index is 10.1. The lowest BCUT2D eigenvalue weighted by Crippen LogP contribution is -1.90. The predicted octanol–water partition coefficient (Wildman–Crippen LogP) is -0.0496. The summed E-state index contributed by atoms with van der Waals surface area (Å²) in [4.78, 5) is 0. The standard InChI is InChI=1S/HO7PS2/c1-8(6-9(2)3)7-10(4)5/h(H-,2,3,4,5)/p+1. The Morgan fingerprint density at radius 1 is 1.10 bits per heavy atom. The Kier molecular flexibility index (Phi) is 5.09. The van der Waals surface area contributed by atoms with Crippen molar-refractivity contribution in [2.45, 2.75) is 0 Å². The van der Waals surface area contributed by atoms with Gasteiger partial charge in [-0.1, -0.05) is 0 Å². The molecule has 0 aromatic carbocycles. The van der Waals surface area contributed by atoms with Crippen LogP contribution in [0.15, 0.2) is 0 Å². The molecule has 0 radical (unpaired) electrons. The molecule has 0 rings (SSSR count). The van der Waals surface area contributed by atoms with Crippen LogP contribution in [0.5, 0.6) is 0 Å². The Morgan fingerprint density at radius 3 is 1.60 bits per heavy atom. The van der Waals surface area contributed by atoms with Crippen molar-refractivity contribution in [2.24, 2.45) is 0 Å². The number of hydrogen-bond donors (Lipinski definition) is 2. The normalized spacial score (nSPS) is 18.0. The van der Waals surface area contributed by atoms with Crippen LogP contribution in [0, 0.1) is 0 Å². The fourth-order valence-corrected chi connectivity index (χ4v) is 1.27. The average molecular weight is 209 g/mol. The molecular formula is H2O7PS2+. The molecule has 0 heterocycles. The summed E-state index contributed by atoms with van der Waals surface area (Å²) >= 11 is -5.53. The van der Waals surface area contributed by atoms with E-state index in [1.165, 1.54) is 0 Å². The molecule has 2 unspecified atom stereocenters. The molecule has 0 aliphatic heterocycles. The minimum atomic E-state index is -3.01. The molecule has 0 amide bonds. The summed E-state index contributed by atoms with van der Waals surface area (Å²) in [6, 6.07) is 0. The van der Waals surface area contributed by atoms with Crippen LogP contribution in [-0.4, -0.2) is 17.5 Å². The van der Waals surface area contributed by atoms with E-state index < -0.39 is 31.0 Å². The van der Waals surface area contributed by atoms with Crippen LogP contribution >= 0.6 is 8.25 Å². The lowest BCUT2D eigenvalue weighted by molar-refractivity contribution is 0.388. The summed E-state index contributed by atoms with van der Waals surface area (Å²) in [5, 5.41) is 0. The summed E-state index contributed by atoms with van der Waals surface area (Å²) < 4.78 is 52.1. The van der Waals surface area contributed by atoms with E-state index in [-0.39, 0.29) is 0 Å². The molecule has 0 aromatic rings. The van der Waals surface area contributed by atoms with Gasteiger partial charge in [-0.3, -0.25) is 9.11 Å². The van der Waals surface area contributed by atoms with Crippen molar-refractivity contribution >= 4 is 31.0 Å². The molecule has 2 atom stereocenters. The van der Waals surface area contributed by atoms with E-state index in [0.717, 1.165) is 0 Å². The Balaban J connectivity index is 3.65. The van der Waals surface area contributed by atoms with Crippen LogP contribution in [0.1, 0.15) is 0 Å². The van der Waals surface area contributed by atoms with Gasteiger partial charge >= 0.3 is 31.0 Å². The first-order chi connectivity index (χ1) is 4.52. The lowest BCUT2D eigenvalue weighted by atomic mass is 15.8. The van der Waals surface area contributed by atoms with Gasteiger partial charge in [-0.25, -0.2) is 0 Å². The third kappa shape index (κ3) is 6.36. The fraction of sp³-hybridized carbons (Fsp3) is 0. The van der Waals surface area contributed by atoms with Gasteiger partial charge in [0.15, 0.2) is 0 Å². The first-order valence-corrected chi connectivity index (χ1v) is 4.74. The van der Waals surface area contributed by atoms with Gasteiger partial charge in [0.05, 0.1) is 0 Å². The third-order valence-corrected chi connectivity index (χ3v) is 2.24. The van der Waals surface area contributed by atoms with E-state index in [4.69, 9.17) is 9.11 Å². The van der Waals surface area contributed by atoms with Crippen molar-refractivity contribution in [3.05, 3.63) is 0 Å². The van der Waals surface area contributed by atoms with Crippen molar-refractivity contribution in [1.82, 2.24) is 0 Å². The molecular weight excluding hydrogens is 207 g/mol. The maximum absolute atomic E-state index is 10.1. The summed E-state index contributed by atoms with van der Waals surface area (Å²) in [7, 11) is -3.01. The zero-order valence-corrected chi connectivity index (χ0v) is 6.73. The van der Waals surface area contributed by atoms with E-state index in [9.17, 15) is 13.0 Å². The van der Waals surface area contributed by atoms with Gasteiger partial charge in [-0.2, -0.15) is 8.42 Å². The maximum Gasteiger partial charge on any atom is 0.732 e. The molecule has 10 heteroatoms. The molecule has 0 saturated heterocycles. The van der Waals surface area contributed by atoms with Crippen LogP contribution in [0.4, 0.5) is 0 Å². The van der Waals surface area contributed by atoms with E-state index in [1.54, 1.807) is 0 Å². The molecule has 10 heavy (non-hydrogen) atoms. The Labute approximate surface area is 61.7 Å². The number of hydrogen-bond acceptors (Lipinski definition) is 5. The van der Waals surface area contributed by atoms with Gasteiger partial charge in [0, 0.05) is 12.5 Å². The molecule has 0 spiro atoms. The smallest absolute Gasteiger partial charge is 0.281 e. The van der Waals surface area contributed by atoms with Crippen molar-refractivity contribution in [1.29, 1.82) is 0 Å². The Bertz CT molecular complexity index is 154. The topological polar surface area (TPSA) is 110 Å². The highest BCUT2D eigenvalue weighted by atomic mass is 32.2. The molecule has 7 nitrogen and oxygen atoms in total. The summed E-state index contributed by atoms with van der Waals surface area (Å²) in [6.45, 7) is 0. The second-order valence-corrected chi connectivity index (χ2v) is 3.32. The van der Waals surface area contributed by atoms with Gasteiger partial charge in [-0.05, 0) is 0 Å². The van der Waals surface area contributed by atoms with Gasteiger partial charge < -0.3 is 0 Å². The zero-order chi connectivity index (χ0) is 8.15. The van der Waals surface area contributed by atoms with Crippen LogP contribution in [0.2, 0.25) is 0 Å². The third-order valence-electron chi connectivity index (χ3n) is 0.249. The van der Waals surface area contributed by atoms with E-state index >= 15 is 0 Å². The molecule has 2 N–H and O–H groups in total. The summed E-state index contributed by atoms with van der Waals surface area (Å²) in [6.07, 6.45) is 0. The molecule has 0 bridgehead atoms. The van der Waals surface area contributed by atoms with E-state index in [2.05, 4.69) is 7.94 Å². The van der Waals surface area contributed by atoms with Crippen LogP contribution in [0.25, 0.3) is 0 Å². The van der Waals surface area contributed by atoms with Crippen molar-refractivity contribution < 1.29 is 30.0 Å². The van der Waals surface area contributed by atoms with Gasteiger partial charge in [0.2, 0.25) is 0 Å². The minimum absolute atomic E-state index is 2.77. The van der Waals surface area contributed by atoms with Crippen molar-refractivity contribution in [2.75, 3.05) is 0 Å². The molecule has 0 aliphatic rings. The Morgan fingerprint density at radius 2 is 1.40 bits per heavy atom. The largest absolute Gasteiger partial charge is 0.732 e. The molecule has 0 aliphatic carbocycles. The van der Waals surface area contributed by atoms with Crippen LogP contribution in [-0.2, 0) is 35.2 Å². The fourth-order valence-electron chi connectivity index (χ4n) is 0.117. The molecule has 60 valence electrons. The van der Waals surface area contributed by atoms with Crippen molar-refractivity contribution in [3.63, 3.8) is 0 Å². The second-order valence-electron chi connectivity index (χ2n) is 0.807. The summed E-state index contributed by atoms with van der Waals surface area (Å²) in [5.41, 5.74) is 0. The van der Waals surface area contributed by atoms with Crippen molar-refractivity contribution in [3.8, 4) is 0 Å². The minimum Gasteiger partial charge on any atom is -0.281 e. The summed E-state index contributed by atoms with van der Waals surface area (Å²) in [5.74, 6) is 0.